The number of H-pyrrole nitrogens is 1. The van der Waals surface area contributed by atoms with Crippen molar-refractivity contribution in [3.8, 4) is 17.0 Å². The Balaban J connectivity index is 1.29. The highest BCUT2D eigenvalue weighted by Gasteiger charge is 2.29. The summed E-state index contributed by atoms with van der Waals surface area (Å²) in [7, 11) is 1.61. The van der Waals surface area contributed by atoms with Crippen LogP contribution < -0.4 is 20.7 Å². The number of carbonyl (C=O) groups is 3. The first-order chi connectivity index (χ1) is 16.0. The summed E-state index contributed by atoms with van der Waals surface area (Å²) in [6.07, 6.45) is 1.64. The standard InChI is InChI=1S/C23H19N5O4S/c1-32-12-6-7-16-14(8-12)15(10-24-16)19-11-33-23(27-19)28-20(29)9-18-22(31)25-17-5-3-2-4-13(17)21(30)26-18/h2-8,10-11,18,24H,9H2,1H3,(H,25,31)(H,26,30)(H,27,28,29)/t18-/m0/s1. The second-order valence-electron chi connectivity index (χ2n) is 7.46. The van der Waals surface area contributed by atoms with E-state index in [0.29, 0.717) is 22.1 Å². The molecule has 0 unspecified atom stereocenters. The molecule has 0 fully saturated rings. The molecule has 4 N–H and O–H groups in total. The molecule has 1 atom stereocenters. The molecular weight excluding hydrogens is 442 g/mol. The van der Waals surface area contributed by atoms with Crippen molar-refractivity contribution in [3.05, 3.63) is 59.6 Å². The first-order valence-electron chi connectivity index (χ1n) is 10.1. The van der Waals surface area contributed by atoms with E-state index in [1.165, 1.54) is 11.3 Å². The third-order valence-electron chi connectivity index (χ3n) is 5.36. The second-order valence-corrected chi connectivity index (χ2v) is 8.32. The van der Waals surface area contributed by atoms with Crippen LogP contribution in [-0.2, 0) is 9.59 Å². The van der Waals surface area contributed by atoms with Crippen LogP contribution in [-0.4, -0.2) is 40.8 Å². The Kier molecular flexibility index (Phi) is 5.27. The monoisotopic (exact) mass is 461 g/mol. The lowest BCUT2D eigenvalue weighted by atomic mass is 10.1. The van der Waals surface area contributed by atoms with E-state index in [4.69, 9.17) is 4.74 Å². The van der Waals surface area contributed by atoms with Gasteiger partial charge in [0.15, 0.2) is 5.13 Å². The van der Waals surface area contributed by atoms with Crippen LogP contribution in [0.15, 0.2) is 54.0 Å². The summed E-state index contributed by atoms with van der Waals surface area (Å²) >= 11 is 1.28. The normalized spacial score (nSPS) is 15.4. The van der Waals surface area contributed by atoms with Gasteiger partial charge >= 0.3 is 0 Å². The molecule has 9 nitrogen and oxygen atoms in total. The molecule has 0 spiro atoms. The number of methoxy groups -OCH3 is 1. The van der Waals surface area contributed by atoms with E-state index in [-0.39, 0.29) is 6.42 Å². The van der Waals surface area contributed by atoms with Gasteiger partial charge < -0.3 is 25.7 Å². The third kappa shape index (κ3) is 4.03. The van der Waals surface area contributed by atoms with Crippen molar-refractivity contribution in [3.63, 3.8) is 0 Å². The molecule has 0 saturated carbocycles. The van der Waals surface area contributed by atoms with Crippen molar-refractivity contribution in [2.75, 3.05) is 17.7 Å². The lowest BCUT2D eigenvalue weighted by Crippen LogP contribution is -2.43. The molecule has 3 amide bonds. The molecule has 33 heavy (non-hydrogen) atoms. The molecule has 2 aromatic carbocycles. The Morgan fingerprint density at radius 1 is 1.18 bits per heavy atom. The number of benzene rings is 2. The Morgan fingerprint density at radius 3 is 2.88 bits per heavy atom. The molecule has 4 aromatic rings. The van der Waals surface area contributed by atoms with Crippen LogP contribution in [0.2, 0.25) is 0 Å². The van der Waals surface area contributed by atoms with Crippen molar-refractivity contribution < 1.29 is 19.1 Å². The molecule has 2 aromatic heterocycles. The van der Waals surface area contributed by atoms with E-state index in [9.17, 15) is 14.4 Å². The third-order valence-corrected chi connectivity index (χ3v) is 6.11. The fourth-order valence-electron chi connectivity index (χ4n) is 3.70. The maximum atomic E-state index is 12.6. The van der Waals surface area contributed by atoms with E-state index < -0.39 is 23.8 Å². The van der Waals surface area contributed by atoms with Crippen LogP contribution in [0, 0.1) is 0 Å². The number of para-hydroxylation sites is 1. The summed E-state index contributed by atoms with van der Waals surface area (Å²) in [5.74, 6) is -0.551. The Labute approximate surface area is 192 Å². The highest BCUT2D eigenvalue weighted by atomic mass is 32.1. The van der Waals surface area contributed by atoms with Crippen molar-refractivity contribution in [1.82, 2.24) is 15.3 Å². The molecule has 166 valence electrons. The van der Waals surface area contributed by atoms with Crippen LogP contribution in [0.1, 0.15) is 16.8 Å². The molecule has 1 aliphatic rings. The summed E-state index contributed by atoms with van der Waals surface area (Å²) in [6, 6.07) is 11.4. The number of anilines is 2. The zero-order valence-electron chi connectivity index (χ0n) is 17.5. The summed E-state index contributed by atoms with van der Waals surface area (Å²) in [5.41, 5.74) is 3.30. The fourth-order valence-corrected chi connectivity index (χ4v) is 4.43. The number of aromatic nitrogens is 2. The zero-order valence-corrected chi connectivity index (χ0v) is 18.3. The van der Waals surface area contributed by atoms with Gasteiger partial charge in [0.2, 0.25) is 11.8 Å². The minimum atomic E-state index is -0.995. The number of nitrogens with one attached hydrogen (secondary N) is 4. The number of hydrogen-bond acceptors (Lipinski definition) is 6. The average Bonchev–Trinajstić information content (AvgIpc) is 3.42. The van der Waals surface area contributed by atoms with Crippen LogP contribution in [0.5, 0.6) is 5.75 Å². The van der Waals surface area contributed by atoms with E-state index >= 15 is 0 Å². The van der Waals surface area contributed by atoms with Gasteiger partial charge in [-0.25, -0.2) is 4.98 Å². The van der Waals surface area contributed by atoms with Crippen molar-refractivity contribution in [1.29, 1.82) is 0 Å². The molecule has 1 aliphatic heterocycles. The highest BCUT2D eigenvalue weighted by Crippen LogP contribution is 2.33. The van der Waals surface area contributed by atoms with Gasteiger partial charge in [0, 0.05) is 28.0 Å². The summed E-state index contributed by atoms with van der Waals surface area (Å²) < 4.78 is 5.31. The topological polar surface area (TPSA) is 125 Å². The number of amides is 3. The predicted octanol–water partition coefficient (Wildman–Crippen LogP) is 3.38. The minimum absolute atomic E-state index is 0.218. The van der Waals surface area contributed by atoms with Gasteiger partial charge in [0.1, 0.15) is 11.8 Å². The molecule has 3 heterocycles. The van der Waals surface area contributed by atoms with Gasteiger partial charge in [-0.05, 0) is 30.3 Å². The van der Waals surface area contributed by atoms with Crippen molar-refractivity contribution >= 4 is 50.8 Å². The number of ether oxygens (including phenoxy) is 1. The van der Waals surface area contributed by atoms with Crippen molar-refractivity contribution in [2.24, 2.45) is 0 Å². The molecule has 5 rings (SSSR count). The number of thiazole rings is 1. The zero-order chi connectivity index (χ0) is 22.9. The lowest BCUT2D eigenvalue weighted by Gasteiger charge is -2.13. The van der Waals surface area contributed by atoms with E-state index in [1.54, 1.807) is 31.4 Å². The maximum absolute atomic E-state index is 12.6. The summed E-state index contributed by atoms with van der Waals surface area (Å²) in [4.78, 5) is 45.3. The average molecular weight is 462 g/mol. The highest BCUT2D eigenvalue weighted by molar-refractivity contribution is 7.14. The smallest absolute Gasteiger partial charge is 0.254 e. The molecule has 0 bridgehead atoms. The van der Waals surface area contributed by atoms with Gasteiger partial charge in [-0.2, -0.15) is 0 Å². The van der Waals surface area contributed by atoms with E-state index in [0.717, 1.165) is 22.2 Å². The van der Waals surface area contributed by atoms with Crippen LogP contribution in [0.25, 0.3) is 22.2 Å². The number of carbonyl (C=O) groups excluding carboxylic acids is 3. The molecule has 10 heteroatoms. The summed E-state index contributed by atoms with van der Waals surface area (Å²) in [6.45, 7) is 0. The van der Waals surface area contributed by atoms with Gasteiger partial charge in [-0.1, -0.05) is 12.1 Å². The van der Waals surface area contributed by atoms with Gasteiger partial charge in [0.25, 0.3) is 5.91 Å². The Morgan fingerprint density at radius 2 is 2.03 bits per heavy atom. The van der Waals surface area contributed by atoms with Gasteiger partial charge in [-0.15, -0.1) is 11.3 Å². The molecule has 0 radical (unpaired) electrons. The predicted molar refractivity (Wildman–Crippen MR) is 126 cm³/mol. The molecular formula is C23H19N5O4S. The molecule has 0 saturated heterocycles. The maximum Gasteiger partial charge on any atom is 0.254 e. The Bertz CT molecular complexity index is 1390. The second kappa shape index (κ2) is 8.40. The lowest BCUT2D eigenvalue weighted by molar-refractivity contribution is -0.122. The first-order valence-corrected chi connectivity index (χ1v) is 11.0. The quantitative estimate of drug-likeness (QED) is 0.363. The fraction of sp³-hybridized carbons (Fsp3) is 0.130. The number of nitrogens with zero attached hydrogens (tertiary/aromatic N) is 1. The van der Waals surface area contributed by atoms with E-state index in [1.807, 2.05) is 29.8 Å². The Hall–Kier alpha value is -4.18. The minimum Gasteiger partial charge on any atom is -0.497 e. The first kappa shape index (κ1) is 20.7. The van der Waals surface area contributed by atoms with Crippen LogP contribution >= 0.6 is 11.3 Å². The number of rotatable bonds is 5. The van der Waals surface area contributed by atoms with Crippen LogP contribution in [0.3, 0.4) is 0 Å². The molecule has 0 aliphatic carbocycles. The number of aromatic amines is 1. The largest absolute Gasteiger partial charge is 0.497 e. The van der Waals surface area contributed by atoms with Gasteiger partial charge in [0.05, 0.1) is 30.5 Å². The number of hydrogen-bond donors (Lipinski definition) is 4. The SMILES string of the molecule is COc1ccc2[nH]cc(-c3csc(NC(=O)C[C@@H]4NC(=O)c5ccccc5NC4=O)n3)c2c1. The van der Waals surface area contributed by atoms with Crippen LogP contribution in [0.4, 0.5) is 10.8 Å². The van der Waals surface area contributed by atoms with Gasteiger partial charge in [-0.3, -0.25) is 14.4 Å². The van der Waals surface area contributed by atoms with Crippen molar-refractivity contribution in [2.45, 2.75) is 12.5 Å². The number of fused-ring (bicyclic) bond motifs is 2. The summed E-state index contributed by atoms with van der Waals surface area (Å²) in [5, 5.41) is 11.2. The van der Waals surface area contributed by atoms with E-state index in [2.05, 4.69) is 25.9 Å².